The monoisotopic (exact) mass is 348 g/mol. The molecule has 2 heterocycles. The van der Waals surface area contributed by atoms with Gasteiger partial charge in [-0.2, -0.15) is 0 Å². The molecular formula is C18H16N6O2. The molecule has 4 aromatic rings. The quantitative estimate of drug-likeness (QED) is 0.605. The molecule has 26 heavy (non-hydrogen) atoms. The number of hydrogen-bond acceptors (Lipinski definition) is 6. The van der Waals surface area contributed by atoms with Crippen LogP contribution in [0.4, 0.5) is 0 Å². The average Bonchev–Trinajstić information content (AvgIpc) is 3.01. The van der Waals surface area contributed by atoms with Gasteiger partial charge in [0.2, 0.25) is 5.82 Å². The van der Waals surface area contributed by atoms with Crippen molar-refractivity contribution in [3.63, 3.8) is 0 Å². The summed E-state index contributed by atoms with van der Waals surface area (Å²) in [4.78, 5) is 21.2. The zero-order chi connectivity index (χ0) is 18.1. The maximum absolute atomic E-state index is 12.4. The zero-order valence-corrected chi connectivity index (χ0v) is 14.3. The number of para-hydroxylation sites is 2. The van der Waals surface area contributed by atoms with Crippen molar-refractivity contribution in [2.75, 3.05) is 7.11 Å². The first-order chi connectivity index (χ1) is 12.7. The van der Waals surface area contributed by atoms with Gasteiger partial charge in [-0.15, -0.1) is 10.2 Å². The van der Waals surface area contributed by atoms with Gasteiger partial charge in [0.25, 0.3) is 5.91 Å². The number of fused-ring (bicyclic) bond motifs is 2. The van der Waals surface area contributed by atoms with E-state index >= 15 is 0 Å². The van der Waals surface area contributed by atoms with Crippen molar-refractivity contribution in [1.29, 1.82) is 0 Å². The first-order valence-corrected chi connectivity index (χ1v) is 8.03. The van der Waals surface area contributed by atoms with Crippen LogP contribution in [-0.2, 0) is 13.6 Å². The predicted molar refractivity (Wildman–Crippen MR) is 95.8 cm³/mol. The van der Waals surface area contributed by atoms with E-state index in [9.17, 15) is 4.79 Å². The van der Waals surface area contributed by atoms with Crippen LogP contribution in [0, 0.1) is 0 Å². The lowest BCUT2D eigenvalue weighted by atomic mass is 10.3. The van der Waals surface area contributed by atoms with E-state index in [0.717, 1.165) is 16.9 Å². The molecule has 0 bridgehead atoms. The molecule has 2 aromatic carbocycles. The molecule has 0 unspecified atom stereocenters. The molecule has 4 rings (SSSR count). The maximum Gasteiger partial charge on any atom is 0.291 e. The number of nitrogens with one attached hydrogen (secondary N) is 1. The normalized spacial score (nSPS) is 11.0. The van der Waals surface area contributed by atoms with E-state index in [1.165, 1.54) is 0 Å². The number of benzene rings is 2. The molecule has 1 amide bonds. The highest BCUT2D eigenvalue weighted by Crippen LogP contribution is 2.17. The standard InChI is InChI=1S/C18H16N6O2/c1-24-15-6-4-3-5-13(15)20-16(24)10-19-18(25)17-21-14-9-11(26-2)7-8-12(14)22-23-17/h3-9H,10H2,1-2H3,(H,19,25). The van der Waals surface area contributed by atoms with Crippen molar-refractivity contribution in [3.8, 4) is 5.75 Å². The van der Waals surface area contributed by atoms with E-state index in [2.05, 4.69) is 25.5 Å². The van der Waals surface area contributed by atoms with E-state index in [4.69, 9.17) is 4.74 Å². The van der Waals surface area contributed by atoms with Crippen molar-refractivity contribution in [1.82, 2.24) is 30.0 Å². The van der Waals surface area contributed by atoms with E-state index in [1.807, 2.05) is 35.9 Å². The number of imidazole rings is 1. The highest BCUT2D eigenvalue weighted by atomic mass is 16.5. The summed E-state index contributed by atoms with van der Waals surface area (Å²) < 4.78 is 7.11. The van der Waals surface area contributed by atoms with Crippen LogP contribution in [0.5, 0.6) is 5.75 Å². The first-order valence-electron chi connectivity index (χ1n) is 8.03. The molecule has 0 aliphatic heterocycles. The molecule has 0 fully saturated rings. The number of nitrogens with zero attached hydrogens (tertiary/aromatic N) is 5. The molecule has 0 aliphatic carbocycles. The largest absolute Gasteiger partial charge is 0.497 e. The highest BCUT2D eigenvalue weighted by molar-refractivity contribution is 5.92. The molecule has 0 atom stereocenters. The van der Waals surface area contributed by atoms with Gasteiger partial charge in [0.15, 0.2) is 0 Å². The predicted octanol–water partition coefficient (Wildman–Crippen LogP) is 1.85. The van der Waals surface area contributed by atoms with E-state index in [0.29, 0.717) is 16.8 Å². The van der Waals surface area contributed by atoms with Crippen LogP contribution in [0.1, 0.15) is 16.4 Å². The number of aromatic nitrogens is 5. The third-order valence-corrected chi connectivity index (χ3v) is 4.15. The lowest BCUT2D eigenvalue weighted by Gasteiger charge is -2.05. The fourth-order valence-corrected chi connectivity index (χ4v) is 2.73. The van der Waals surface area contributed by atoms with Crippen molar-refractivity contribution in [2.24, 2.45) is 7.05 Å². The van der Waals surface area contributed by atoms with Crippen LogP contribution in [0.25, 0.3) is 22.1 Å². The summed E-state index contributed by atoms with van der Waals surface area (Å²) in [6.07, 6.45) is 0. The molecule has 0 saturated carbocycles. The fraction of sp³-hybridized carbons (Fsp3) is 0.167. The Morgan fingerprint density at radius 3 is 2.73 bits per heavy atom. The Morgan fingerprint density at radius 1 is 1.08 bits per heavy atom. The van der Waals surface area contributed by atoms with Gasteiger partial charge in [0.1, 0.15) is 17.1 Å². The number of methoxy groups -OCH3 is 1. The number of carbonyl (C=O) groups excluding carboxylic acids is 1. The van der Waals surface area contributed by atoms with Crippen molar-refractivity contribution >= 4 is 28.0 Å². The maximum atomic E-state index is 12.4. The molecule has 1 N–H and O–H groups in total. The third-order valence-electron chi connectivity index (χ3n) is 4.15. The van der Waals surface area contributed by atoms with Crippen LogP contribution in [0.3, 0.4) is 0 Å². The lowest BCUT2D eigenvalue weighted by Crippen LogP contribution is -2.26. The first kappa shape index (κ1) is 15.9. The molecule has 0 saturated heterocycles. The van der Waals surface area contributed by atoms with Crippen molar-refractivity contribution < 1.29 is 9.53 Å². The van der Waals surface area contributed by atoms with Crippen LogP contribution >= 0.6 is 0 Å². The highest BCUT2D eigenvalue weighted by Gasteiger charge is 2.14. The molecule has 2 aromatic heterocycles. The second kappa shape index (κ2) is 6.40. The lowest BCUT2D eigenvalue weighted by molar-refractivity contribution is 0.0938. The number of carbonyl (C=O) groups is 1. The Kier molecular flexibility index (Phi) is 3.92. The summed E-state index contributed by atoms with van der Waals surface area (Å²) in [5, 5.41) is 10.7. The molecule has 130 valence electrons. The number of rotatable bonds is 4. The molecule has 0 spiro atoms. The summed E-state index contributed by atoms with van der Waals surface area (Å²) in [5.41, 5.74) is 3.03. The summed E-state index contributed by atoms with van der Waals surface area (Å²) >= 11 is 0. The third kappa shape index (κ3) is 2.81. The molecule has 8 nitrogen and oxygen atoms in total. The summed E-state index contributed by atoms with van der Waals surface area (Å²) in [6, 6.07) is 13.0. The van der Waals surface area contributed by atoms with Gasteiger partial charge >= 0.3 is 0 Å². The van der Waals surface area contributed by atoms with Gasteiger partial charge in [0.05, 0.1) is 30.2 Å². The SMILES string of the molecule is COc1ccc2nnc(C(=O)NCc3nc4ccccc4n3C)nc2c1. The van der Waals surface area contributed by atoms with Gasteiger partial charge in [-0.25, -0.2) is 9.97 Å². The summed E-state index contributed by atoms with van der Waals surface area (Å²) in [6.45, 7) is 0.267. The van der Waals surface area contributed by atoms with Crippen molar-refractivity contribution in [3.05, 3.63) is 54.1 Å². The second-order valence-electron chi connectivity index (χ2n) is 5.75. The summed E-state index contributed by atoms with van der Waals surface area (Å²) in [5.74, 6) is 0.984. The van der Waals surface area contributed by atoms with Crippen LogP contribution in [0.2, 0.25) is 0 Å². The topological polar surface area (TPSA) is 94.8 Å². The Balaban J connectivity index is 1.55. The van der Waals surface area contributed by atoms with E-state index < -0.39 is 5.91 Å². The van der Waals surface area contributed by atoms with Gasteiger partial charge < -0.3 is 14.6 Å². The van der Waals surface area contributed by atoms with Crippen LogP contribution in [-0.4, -0.2) is 37.7 Å². The minimum atomic E-state index is -0.408. The Bertz CT molecular complexity index is 1120. The smallest absolute Gasteiger partial charge is 0.291 e. The average molecular weight is 348 g/mol. The Morgan fingerprint density at radius 2 is 1.92 bits per heavy atom. The van der Waals surface area contributed by atoms with Crippen LogP contribution < -0.4 is 10.1 Å². The zero-order valence-electron chi connectivity index (χ0n) is 14.3. The number of aryl methyl sites for hydroxylation is 1. The van der Waals surface area contributed by atoms with Gasteiger partial charge in [-0.3, -0.25) is 4.79 Å². The Labute approximate surface area is 148 Å². The summed E-state index contributed by atoms with van der Waals surface area (Å²) in [7, 11) is 3.48. The van der Waals surface area contributed by atoms with E-state index in [-0.39, 0.29) is 12.4 Å². The molecular weight excluding hydrogens is 332 g/mol. The van der Waals surface area contributed by atoms with Gasteiger partial charge in [0, 0.05) is 13.1 Å². The van der Waals surface area contributed by atoms with Crippen molar-refractivity contribution in [2.45, 2.75) is 6.54 Å². The van der Waals surface area contributed by atoms with E-state index in [1.54, 1.807) is 25.3 Å². The van der Waals surface area contributed by atoms with Gasteiger partial charge in [-0.1, -0.05) is 12.1 Å². The molecule has 0 aliphatic rings. The van der Waals surface area contributed by atoms with Crippen LogP contribution in [0.15, 0.2) is 42.5 Å². The molecule has 0 radical (unpaired) electrons. The number of hydrogen-bond donors (Lipinski definition) is 1. The minimum absolute atomic E-state index is 0.00418. The number of amides is 1. The molecule has 8 heteroatoms. The number of ether oxygens (including phenoxy) is 1. The Hall–Kier alpha value is -3.55. The van der Waals surface area contributed by atoms with Gasteiger partial charge in [-0.05, 0) is 24.3 Å². The second-order valence-corrected chi connectivity index (χ2v) is 5.75. The minimum Gasteiger partial charge on any atom is -0.497 e. The fourth-order valence-electron chi connectivity index (χ4n) is 2.73.